The monoisotopic (exact) mass is 638 g/mol. The van der Waals surface area contributed by atoms with Crippen LogP contribution in [0.3, 0.4) is 0 Å². The molecule has 0 saturated heterocycles. The van der Waals surface area contributed by atoms with E-state index in [4.69, 9.17) is 0 Å². The van der Waals surface area contributed by atoms with Crippen molar-refractivity contribution in [2.24, 2.45) is 0 Å². The third-order valence-corrected chi connectivity index (χ3v) is 11.3. The molecule has 1 aliphatic heterocycles. The van der Waals surface area contributed by atoms with Crippen LogP contribution in [0.15, 0.2) is 174 Å². The van der Waals surface area contributed by atoms with Gasteiger partial charge >= 0.3 is 0 Å². The summed E-state index contributed by atoms with van der Waals surface area (Å²) in [4.78, 5) is 0.520. The van der Waals surface area contributed by atoms with Crippen LogP contribution in [0.4, 0.5) is 0 Å². The van der Waals surface area contributed by atoms with Gasteiger partial charge in [-0.3, -0.25) is 0 Å². The minimum atomic E-state index is -3.73. The average molecular weight is 639 g/mol. The van der Waals surface area contributed by atoms with Crippen molar-refractivity contribution < 1.29 is 8.42 Å². The highest BCUT2D eigenvalue weighted by Crippen LogP contribution is 2.37. The molecule has 230 valence electrons. The summed E-state index contributed by atoms with van der Waals surface area (Å²) in [6, 6.07) is 45.8. The first-order valence-corrected chi connectivity index (χ1v) is 17.5. The molecule has 3 heterocycles. The van der Waals surface area contributed by atoms with E-state index in [2.05, 4.69) is 101 Å². The first-order chi connectivity index (χ1) is 23.5. The number of fused-ring (bicyclic) bond motifs is 6. The van der Waals surface area contributed by atoms with Crippen molar-refractivity contribution in [1.29, 1.82) is 0 Å². The highest BCUT2D eigenvalue weighted by molar-refractivity contribution is 7.91. The fourth-order valence-electron chi connectivity index (χ4n) is 7.27. The fraction of sp³-hybridized carbons (Fsp3) is 0.0233. The number of sulfone groups is 1. The Bertz CT molecular complexity index is 2710. The molecule has 0 atom stereocenters. The van der Waals surface area contributed by atoms with Crippen LogP contribution >= 0.6 is 0 Å². The predicted molar refractivity (Wildman–Crippen MR) is 198 cm³/mol. The van der Waals surface area contributed by atoms with E-state index < -0.39 is 9.84 Å². The van der Waals surface area contributed by atoms with E-state index in [9.17, 15) is 8.42 Å². The van der Waals surface area contributed by atoms with Crippen molar-refractivity contribution in [1.82, 2.24) is 9.13 Å². The first-order valence-electron chi connectivity index (χ1n) is 16.0. The lowest BCUT2D eigenvalue weighted by Gasteiger charge is -2.11. The third kappa shape index (κ3) is 4.32. The molecule has 0 spiro atoms. The molecule has 5 heteroatoms. The van der Waals surface area contributed by atoms with Crippen molar-refractivity contribution in [3.05, 3.63) is 175 Å². The number of para-hydroxylation sites is 4. The third-order valence-electron chi connectivity index (χ3n) is 9.54. The van der Waals surface area contributed by atoms with Gasteiger partial charge in [0.05, 0.1) is 26.3 Å². The highest BCUT2D eigenvalue weighted by Gasteiger charge is 2.20. The standard InChI is InChI=1S/C43H30N2O2S/c1-29-28-31(10-9-27-44-40-16-5-2-13-38(40)39-15-8-14-35(29)43(39)44)30-19-23-33(24-20-30)48(46,47)34-25-21-32(22-26-34)45-41-17-6-3-11-36(41)37-12-4-7-18-42(37)45/h2-26,28H,1,27H2/b10-9-,31-28+. The lowest BCUT2D eigenvalue weighted by atomic mass is 9.98. The Labute approximate surface area is 278 Å². The van der Waals surface area contributed by atoms with Crippen LogP contribution in [0.2, 0.25) is 0 Å². The number of nitrogens with zero attached hydrogens (tertiary/aromatic N) is 2. The van der Waals surface area contributed by atoms with Gasteiger partial charge in [0.15, 0.2) is 0 Å². The number of benzene rings is 6. The molecule has 2 aromatic heterocycles. The molecule has 0 bridgehead atoms. The van der Waals surface area contributed by atoms with E-state index in [0.29, 0.717) is 6.54 Å². The average Bonchev–Trinajstić information content (AvgIpc) is 3.66. The van der Waals surface area contributed by atoms with Gasteiger partial charge in [-0.25, -0.2) is 8.42 Å². The minimum Gasteiger partial charge on any atom is -0.336 e. The van der Waals surface area contributed by atoms with Gasteiger partial charge in [0.2, 0.25) is 9.84 Å². The van der Waals surface area contributed by atoms with E-state index in [-0.39, 0.29) is 9.79 Å². The van der Waals surface area contributed by atoms with Crippen molar-refractivity contribution >= 4 is 64.6 Å². The lowest BCUT2D eigenvalue weighted by Crippen LogP contribution is -2.03. The van der Waals surface area contributed by atoms with Gasteiger partial charge < -0.3 is 9.13 Å². The van der Waals surface area contributed by atoms with Gasteiger partial charge in [-0.2, -0.15) is 0 Å². The summed E-state index contributed by atoms with van der Waals surface area (Å²) in [6.07, 6.45) is 6.36. The van der Waals surface area contributed by atoms with Crippen LogP contribution in [-0.4, -0.2) is 17.6 Å². The maximum atomic E-state index is 13.8. The summed E-state index contributed by atoms with van der Waals surface area (Å²) >= 11 is 0. The summed E-state index contributed by atoms with van der Waals surface area (Å²) in [6.45, 7) is 5.17. The van der Waals surface area contributed by atoms with Crippen molar-refractivity contribution in [3.63, 3.8) is 0 Å². The smallest absolute Gasteiger partial charge is 0.206 e. The highest BCUT2D eigenvalue weighted by atomic mass is 32.2. The predicted octanol–water partition coefficient (Wildman–Crippen LogP) is 10.4. The summed E-state index contributed by atoms with van der Waals surface area (Å²) in [7, 11) is -3.73. The molecule has 1 aliphatic rings. The number of hydrogen-bond acceptors (Lipinski definition) is 2. The van der Waals surface area contributed by atoms with E-state index in [1.165, 1.54) is 21.8 Å². The molecule has 0 fully saturated rings. The maximum absolute atomic E-state index is 13.8. The quantitative estimate of drug-likeness (QED) is 0.193. The molecule has 0 N–H and O–H groups in total. The fourth-order valence-corrected chi connectivity index (χ4v) is 8.53. The second-order valence-corrected chi connectivity index (χ2v) is 14.2. The summed E-state index contributed by atoms with van der Waals surface area (Å²) in [5.41, 5.74) is 9.35. The zero-order valence-corrected chi connectivity index (χ0v) is 26.9. The van der Waals surface area contributed by atoms with Gasteiger partial charge in [-0.05, 0) is 77.4 Å². The van der Waals surface area contributed by atoms with Gasteiger partial charge in [0, 0.05) is 44.9 Å². The molecule has 0 aliphatic carbocycles. The first kappa shape index (κ1) is 28.3. The SMILES string of the molecule is C=C1/C=C(c2ccc(S(=O)(=O)c3ccc(-n4c5ccccc5c5ccccc54)cc3)cc2)\C=C/Cn2c3ccccc3c3cccc1c32. The zero-order chi connectivity index (χ0) is 32.4. The van der Waals surface area contributed by atoms with Gasteiger partial charge in [-0.15, -0.1) is 0 Å². The topological polar surface area (TPSA) is 44.0 Å². The molecule has 0 saturated carbocycles. The Balaban J connectivity index is 1.04. The number of hydrogen-bond donors (Lipinski definition) is 0. The van der Waals surface area contributed by atoms with Crippen molar-refractivity contribution in [2.45, 2.75) is 16.3 Å². The molecule has 8 aromatic rings. The molecule has 0 amide bonds. The van der Waals surface area contributed by atoms with E-state index in [0.717, 1.165) is 49.8 Å². The molecule has 48 heavy (non-hydrogen) atoms. The number of aromatic nitrogens is 2. The summed E-state index contributed by atoms with van der Waals surface area (Å²) in [5, 5.41) is 4.78. The van der Waals surface area contributed by atoms with E-state index >= 15 is 0 Å². The minimum absolute atomic E-state index is 0.259. The Morgan fingerprint density at radius 1 is 0.562 bits per heavy atom. The molecule has 4 nitrogen and oxygen atoms in total. The molecule has 0 unspecified atom stereocenters. The van der Waals surface area contributed by atoms with Crippen LogP contribution < -0.4 is 0 Å². The zero-order valence-electron chi connectivity index (χ0n) is 26.0. The van der Waals surface area contributed by atoms with Crippen LogP contribution in [0, 0.1) is 0 Å². The van der Waals surface area contributed by atoms with Crippen LogP contribution in [-0.2, 0) is 16.4 Å². The Morgan fingerprint density at radius 3 is 1.75 bits per heavy atom. The van der Waals surface area contributed by atoms with Crippen molar-refractivity contribution in [2.75, 3.05) is 0 Å². The van der Waals surface area contributed by atoms with E-state index in [1.807, 2.05) is 48.5 Å². The molecular formula is C43H30N2O2S. The normalized spacial score (nSPS) is 15.3. The second kappa shape index (κ2) is 10.8. The molecule has 6 aromatic carbocycles. The van der Waals surface area contributed by atoms with Crippen LogP contribution in [0.5, 0.6) is 0 Å². The lowest BCUT2D eigenvalue weighted by molar-refractivity contribution is 0.596. The number of rotatable bonds is 4. The maximum Gasteiger partial charge on any atom is 0.206 e. The summed E-state index contributed by atoms with van der Waals surface area (Å²) < 4.78 is 32.1. The Morgan fingerprint density at radius 2 is 1.10 bits per heavy atom. The van der Waals surface area contributed by atoms with Crippen molar-refractivity contribution in [3.8, 4) is 5.69 Å². The number of allylic oxidation sites excluding steroid dienone is 5. The van der Waals surface area contributed by atoms with E-state index in [1.54, 1.807) is 24.3 Å². The van der Waals surface area contributed by atoms with Gasteiger partial charge in [-0.1, -0.05) is 104 Å². The Kier molecular flexibility index (Phi) is 6.39. The molecular weight excluding hydrogens is 609 g/mol. The van der Waals surface area contributed by atoms with Gasteiger partial charge in [0.1, 0.15) is 0 Å². The largest absolute Gasteiger partial charge is 0.336 e. The van der Waals surface area contributed by atoms with Crippen LogP contribution in [0.1, 0.15) is 11.1 Å². The van der Waals surface area contributed by atoms with Gasteiger partial charge in [0.25, 0.3) is 0 Å². The Hall–Kier alpha value is -5.91. The molecule has 0 radical (unpaired) electrons. The summed E-state index contributed by atoms with van der Waals surface area (Å²) in [5.74, 6) is 0. The molecule has 9 rings (SSSR count). The second-order valence-electron chi connectivity index (χ2n) is 12.2. The van der Waals surface area contributed by atoms with Crippen LogP contribution in [0.25, 0.3) is 60.4 Å².